The third kappa shape index (κ3) is 3.93. The Morgan fingerprint density at radius 2 is 1.79 bits per heavy atom. The molecule has 0 amide bonds. The van der Waals surface area contributed by atoms with Crippen molar-refractivity contribution in [2.45, 2.75) is 25.1 Å². The van der Waals surface area contributed by atoms with E-state index in [1.54, 1.807) is 31.2 Å². The van der Waals surface area contributed by atoms with Gasteiger partial charge >= 0.3 is 5.97 Å². The van der Waals surface area contributed by atoms with Gasteiger partial charge in [0.25, 0.3) is 0 Å². The summed E-state index contributed by atoms with van der Waals surface area (Å²) in [5, 5.41) is 7.24. The topological polar surface area (TPSA) is 92.7 Å². The number of sulfonamides is 1. The molecule has 0 aromatic heterocycles. The normalized spacial score (nSPS) is 14.7. The molecule has 0 bridgehead atoms. The lowest BCUT2D eigenvalue weighted by Crippen LogP contribution is -2.38. The lowest BCUT2D eigenvalue weighted by molar-refractivity contribution is -0.136. The van der Waals surface area contributed by atoms with Gasteiger partial charge in [-0.3, -0.25) is 4.79 Å². The van der Waals surface area contributed by atoms with Gasteiger partial charge in [0, 0.05) is 6.04 Å². The van der Waals surface area contributed by atoms with Crippen LogP contribution in [0.5, 0.6) is 5.75 Å². The van der Waals surface area contributed by atoms with Crippen molar-refractivity contribution < 1.29 is 23.1 Å². The van der Waals surface area contributed by atoms with Gasteiger partial charge in [0.2, 0.25) is 10.0 Å². The first-order chi connectivity index (χ1) is 8.77. The fourth-order valence-corrected chi connectivity index (χ4v) is 2.54. The molecule has 2 atom stereocenters. The summed E-state index contributed by atoms with van der Waals surface area (Å²) in [7, 11) is -2.37. The fourth-order valence-electron chi connectivity index (χ4n) is 1.44. The van der Waals surface area contributed by atoms with E-state index in [9.17, 15) is 13.2 Å². The van der Waals surface area contributed by atoms with E-state index in [2.05, 4.69) is 4.72 Å². The number of rotatable bonds is 6. The molecule has 0 saturated heterocycles. The SMILES string of the molecule is COc1ccc([C@H](C)NS(=O)(=O)C(C)C(=O)O)cc1. The molecule has 0 saturated carbocycles. The maximum Gasteiger partial charge on any atom is 0.323 e. The number of nitrogens with one attached hydrogen (secondary N) is 1. The molecule has 0 spiro atoms. The van der Waals surface area contributed by atoms with Crippen molar-refractivity contribution >= 4 is 16.0 Å². The molecular formula is C12H17NO5S. The first-order valence-corrected chi connectivity index (χ1v) is 7.20. The molecule has 0 aliphatic rings. The van der Waals surface area contributed by atoms with Crippen molar-refractivity contribution in [1.82, 2.24) is 4.72 Å². The van der Waals surface area contributed by atoms with Gasteiger partial charge < -0.3 is 9.84 Å². The molecule has 19 heavy (non-hydrogen) atoms. The quantitative estimate of drug-likeness (QED) is 0.818. The zero-order chi connectivity index (χ0) is 14.6. The van der Waals surface area contributed by atoms with Gasteiger partial charge in [-0.05, 0) is 31.5 Å². The van der Waals surface area contributed by atoms with E-state index < -0.39 is 27.3 Å². The fraction of sp³-hybridized carbons (Fsp3) is 0.417. The van der Waals surface area contributed by atoms with Gasteiger partial charge in [-0.2, -0.15) is 0 Å². The summed E-state index contributed by atoms with van der Waals surface area (Å²) in [6.07, 6.45) is 0. The first-order valence-electron chi connectivity index (χ1n) is 5.66. The molecule has 0 radical (unpaired) electrons. The third-order valence-electron chi connectivity index (χ3n) is 2.77. The maximum absolute atomic E-state index is 11.8. The molecule has 6 nitrogen and oxygen atoms in total. The summed E-state index contributed by atoms with van der Waals surface area (Å²) in [5.74, 6) is -0.716. The molecule has 7 heteroatoms. The van der Waals surface area contributed by atoms with Crippen molar-refractivity contribution in [2.24, 2.45) is 0 Å². The smallest absolute Gasteiger partial charge is 0.323 e. The summed E-state index contributed by atoms with van der Waals surface area (Å²) in [6, 6.07) is 6.34. The Hall–Kier alpha value is -1.60. The zero-order valence-electron chi connectivity index (χ0n) is 11.0. The van der Waals surface area contributed by atoms with Gasteiger partial charge in [-0.1, -0.05) is 12.1 Å². The summed E-state index contributed by atoms with van der Waals surface area (Å²) >= 11 is 0. The Bertz CT molecular complexity index is 538. The molecule has 2 N–H and O–H groups in total. The number of benzene rings is 1. The van der Waals surface area contributed by atoms with E-state index in [4.69, 9.17) is 9.84 Å². The number of carboxylic acids is 1. The van der Waals surface area contributed by atoms with Crippen LogP contribution in [-0.2, 0) is 14.8 Å². The van der Waals surface area contributed by atoms with Crippen molar-refractivity contribution in [3.05, 3.63) is 29.8 Å². The van der Waals surface area contributed by atoms with Crippen LogP contribution in [0.1, 0.15) is 25.5 Å². The van der Waals surface area contributed by atoms with E-state index in [0.29, 0.717) is 5.75 Å². The van der Waals surface area contributed by atoms with Crippen molar-refractivity contribution in [3.63, 3.8) is 0 Å². The number of methoxy groups -OCH3 is 1. The van der Waals surface area contributed by atoms with Crippen LogP contribution in [0, 0.1) is 0 Å². The molecule has 106 valence electrons. The van der Waals surface area contributed by atoms with E-state index in [1.165, 1.54) is 7.11 Å². The lowest BCUT2D eigenvalue weighted by Gasteiger charge is -2.17. The predicted octanol–water partition coefficient (Wildman–Crippen LogP) is 1.15. The highest BCUT2D eigenvalue weighted by Gasteiger charge is 2.29. The summed E-state index contributed by atoms with van der Waals surface area (Å²) in [6.45, 7) is 2.78. The average molecular weight is 287 g/mol. The van der Waals surface area contributed by atoms with Crippen LogP contribution in [0.15, 0.2) is 24.3 Å². The summed E-state index contributed by atoms with van der Waals surface area (Å²) in [5.41, 5.74) is 0.724. The number of hydrogen-bond donors (Lipinski definition) is 2. The largest absolute Gasteiger partial charge is 0.497 e. The second-order valence-electron chi connectivity index (χ2n) is 4.14. The summed E-state index contributed by atoms with van der Waals surface area (Å²) < 4.78 is 30.9. The van der Waals surface area contributed by atoms with Crippen molar-refractivity contribution in [1.29, 1.82) is 0 Å². The molecule has 0 fully saturated rings. The van der Waals surface area contributed by atoms with Crippen molar-refractivity contribution in [3.8, 4) is 5.75 Å². The number of aliphatic carboxylic acids is 1. The van der Waals surface area contributed by atoms with Gasteiger partial charge in [0.05, 0.1) is 7.11 Å². The first kappa shape index (κ1) is 15.5. The van der Waals surface area contributed by atoms with Crippen molar-refractivity contribution in [2.75, 3.05) is 7.11 Å². The second-order valence-corrected chi connectivity index (χ2v) is 6.17. The van der Waals surface area contributed by atoms with Gasteiger partial charge in [0.1, 0.15) is 5.75 Å². The Morgan fingerprint density at radius 3 is 2.21 bits per heavy atom. The molecular weight excluding hydrogens is 270 g/mol. The van der Waals surface area contributed by atoms with Crippen LogP contribution in [0.4, 0.5) is 0 Å². The van der Waals surface area contributed by atoms with Crippen LogP contribution in [-0.4, -0.2) is 31.9 Å². The Morgan fingerprint density at radius 1 is 1.26 bits per heavy atom. The Balaban J connectivity index is 2.84. The van der Waals surface area contributed by atoms with Crippen LogP contribution in [0.25, 0.3) is 0 Å². The number of carbonyl (C=O) groups is 1. The maximum atomic E-state index is 11.8. The highest BCUT2D eigenvalue weighted by Crippen LogP contribution is 2.18. The minimum Gasteiger partial charge on any atom is -0.497 e. The van der Waals surface area contributed by atoms with Crippen LogP contribution in [0.3, 0.4) is 0 Å². The lowest BCUT2D eigenvalue weighted by atomic mass is 10.1. The molecule has 0 aliphatic heterocycles. The Kier molecular flexibility index (Phi) is 4.90. The molecule has 0 heterocycles. The monoisotopic (exact) mass is 287 g/mol. The predicted molar refractivity (Wildman–Crippen MR) is 70.6 cm³/mol. The van der Waals surface area contributed by atoms with E-state index in [1.807, 2.05) is 0 Å². The molecule has 1 aromatic carbocycles. The van der Waals surface area contributed by atoms with Crippen LogP contribution in [0.2, 0.25) is 0 Å². The van der Waals surface area contributed by atoms with E-state index in [0.717, 1.165) is 12.5 Å². The third-order valence-corrected chi connectivity index (χ3v) is 4.58. The second kappa shape index (κ2) is 6.03. The molecule has 1 aromatic rings. The Labute approximate surface area is 112 Å². The van der Waals surface area contributed by atoms with E-state index in [-0.39, 0.29) is 0 Å². The van der Waals surface area contributed by atoms with Crippen LogP contribution < -0.4 is 9.46 Å². The van der Waals surface area contributed by atoms with E-state index >= 15 is 0 Å². The zero-order valence-corrected chi connectivity index (χ0v) is 11.8. The highest BCUT2D eigenvalue weighted by atomic mass is 32.2. The standard InChI is InChI=1S/C12H17NO5S/c1-8(10-4-6-11(18-3)7-5-10)13-19(16,17)9(2)12(14)15/h4-9,13H,1-3H3,(H,14,15)/t8-,9?/m0/s1. The average Bonchev–Trinajstić information content (AvgIpc) is 2.37. The van der Waals surface area contributed by atoms with Gasteiger partial charge in [0.15, 0.2) is 5.25 Å². The minimum absolute atomic E-state index is 0.516. The number of ether oxygens (including phenoxy) is 1. The van der Waals surface area contributed by atoms with Gasteiger partial charge in [-0.15, -0.1) is 0 Å². The molecule has 1 rings (SSSR count). The summed E-state index contributed by atoms with van der Waals surface area (Å²) in [4.78, 5) is 10.7. The minimum atomic E-state index is -3.90. The number of carboxylic acid groups (broad SMARTS) is 1. The van der Waals surface area contributed by atoms with Gasteiger partial charge in [-0.25, -0.2) is 13.1 Å². The highest BCUT2D eigenvalue weighted by molar-refractivity contribution is 7.90. The molecule has 1 unspecified atom stereocenters. The van der Waals surface area contributed by atoms with Crippen LogP contribution >= 0.6 is 0 Å². The number of hydrogen-bond acceptors (Lipinski definition) is 4. The molecule has 0 aliphatic carbocycles.